The van der Waals surface area contributed by atoms with Gasteiger partial charge in [0.1, 0.15) is 6.04 Å². The number of carboxylic acid groups (broad SMARTS) is 1. The van der Waals surface area contributed by atoms with Crippen LogP contribution in [0.2, 0.25) is 0 Å². The number of carboxylic acids is 1. The Kier molecular flexibility index (Phi) is 8.83. The fourth-order valence-corrected chi connectivity index (χ4v) is 0.461. The van der Waals surface area contributed by atoms with E-state index >= 15 is 0 Å². The normalized spacial score (nSPS) is 11.8. The van der Waals surface area contributed by atoms with Gasteiger partial charge in [-0.15, -0.1) is 0 Å². The molecule has 0 unspecified atom stereocenters. The van der Waals surface area contributed by atoms with E-state index < -0.39 is 12.0 Å². The Labute approximate surface area is 70.4 Å². The van der Waals surface area contributed by atoms with Gasteiger partial charge in [0.15, 0.2) is 0 Å². The van der Waals surface area contributed by atoms with Crippen molar-refractivity contribution in [2.24, 2.45) is 11.5 Å². The van der Waals surface area contributed by atoms with E-state index in [9.17, 15) is 4.79 Å². The summed E-state index contributed by atoms with van der Waals surface area (Å²) in [6, 6.07) is -0.742. The molecule has 0 rings (SSSR count). The van der Waals surface area contributed by atoms with Crippen LogP contribution in [0.1, 0.15) is 12.8 Å². The molecule has 0 aliphatic rings. The molecule has 0 heterocycles. The van der Waals surface area contributed by atoms with Gasteiger partial charge >= 0.3 is 5.97 Å². The Morgan fingerprint density at radius 1 is 1.60 bits per heavy atom. The van der Waals surface area contributed by atoms with Crippen LogP contribution in [0.3, 0.4) is 0 Å². The van der Waals surface area contributed by atoms with E-state index in [4.69, 9.17) is 16.6 Å². The first kappa shape index (κ1) is 12.6. The second kappa shape index (κ2) is 7.02. The first-order valence-electron chi connectivity index (χ1n) is 2.87. The molecule has 0 aromatic carbocycles. The van der Waals surface area contributed by atoms with Crippen molar-refractivity contribution in [3.05, 3.63) is 0 Å². The molecule has 5 N–H and O–H groups in total. The average molecular weight is 196 g/mol. The van der Waals surface area contributed by atoms with Gasteiger partial charge in [0, 0.05) is 17.1 Å². The molecule has 0 aliphatic carbocycles. The second-order valence-corrected chi connectivity index (χ2v) is 1.88. The summed E-state index contributed by atoms with van der Waals surface area (Å²) in [5, 5.41) is 8.24. The number of hydrogen-bond acceptors (Lipinski definition) is 3. The maximum absolute atomic E-state index is 10.0. The van der Waals surface area contributed by atoms with Crippen molar-refractivity contribution in [2.45, 2.75) is 18.9 Å². The van der Waals surface area contributed by atoms with E-state index in [-0.39, 0.29) is 17.1 Å². The van der Waals surface area contributed by atoms with Gasteiger partial charge in [-0.1, -0.05) is 0 Å². The predicted octanol–water partition coefficient (Wildman–Crippen LogP) is -0.865. The van der Waals surface area contributed by atoms with Crippen molar-refractivity contribution in [1.82, 2.24) is 0 Å². The van der Waals surface area contributed by atoms with Crippen LogP contribution < -0.4 is 11.5 Å². The fraction of sp³-hybridized carbons (Fsp3) is 0.800. The third kappa shape index (κ3) is 6.04. The third-order valence-corrected chi connectivity index (χ3v) is 1.04. The summed E-state index contributed by atoms with van der Waals surface area (Å²) in [5.41, 5.74) is 10.3. The second-order valence-electron chi connectivity index (χ2n) is 1.88. The Morgan fingerprint density at radius 2 is 2.10 bits per heavy atom. The summed E-state index contributed by atoms with van der Waals surface area (Å²) in [4.78, 5) is 10.0. The molecule has 0 amide bonds. The van der Waals surface area contributed by atoms with Gasteiger partial charge in [0.2, 0.25) is 0 Å². The minimum atomic E-state index is -0.955. The summed E-state index contributed by atoms with van der Waals surface area (Å²) < 4.78 is 0. The minimum Gasteiger partial charge on any atom is -0.480 e. The number of hydrogen-bond donors (Lipinski definition) is 3. The van der Waals surface area contributed by atoms with Crippen molar-refractivity contribution in [2.75, 3.05) is 6.54 Å². The van der Waals surface area contributed by atoms with E-state index in [1.807, 2.05) is 0 Å². The maximum atomic E-state index is 10.0. The molecular weight excluding hydrogens is 184 g/mol. The van der Waals surface area contributed by atoms with Gasteiger partial charge in [0.05, 0.1) is 0 Å². The van der Waals surface area contributed by atoms with Crippen LogP contribution in [0.5, 0.6) is 0 Å². The third-order valence-electron chi connectivity index (χ3n) is 1.04. The van der Waals surface area contributed by atoms with Crippen molar-refractivity contribution in [1.29, 1.82) is 0 Å². The van der Waals surface area contributed by atoms with Gasteiger partial charge < -0.3 is 16.6 Å². The standard InChI is InChI=1S/C5H12N2O2.Cu/c6-3-1-2-4(7)5(8)9;/h4H,1-3,6-7H2,(H,8,9);/t4-;/m0./s1. The molecule has 0 aliphatic heterocycles. The summed E-state index contributed by atoms with van der Waals surface area (Å²) in [6.45, 7) is 0.501. The van der Waals surface area contributed by atoms with Crippen molar-refractivity contribution >= 4 is 5.97 Å². The Balaban J connectivity index is 0. The van der Waals surface area contributed by atoms with Crippen LogP contribution in [-0.4, -0.2) is 23.7 Å². The Hall–Kier alpha value is -0.0905. The molecule has 5 heteroatoms. The number of aliphatic carboxylic acids is 1. The van der Waals surface area contributed by atoms with Crippen molar-refractivity contribution < 1.29 is 27.0 Å². The van der Waals surface area contributed by atoms with Crippen LogP contribution in [0.15, 0.2) is 0 Å². The van der Waals surface area contributed by atoms with Crippen LogP contribution >= 0.6 is 0 Å². The molecule has 0 saturated heterocycles. The monoisotopic (exact) mass is 195 g/mol. The zero-order valence-electron chi connectivity index (χ0n) is 5.51. The van der Waals surface area contributed by atoms with Gasteiger partial charge in [-0.3, -0.25) is 4.79 Å². The molecule has 0 spiro atoms. The van der Waals surface area contributed by atoms with Crippen LogP contribution in [0.25, 0.3) is 0 Å². The minimum absolute atomic E-state index is 0. The van der Waals surface area contributed by atoms with Crippen LogP contribution in [-0.2, 0) is 21.9 Å². The molecule has 0 fully saturated rings. The molecule has 0 aromatic heterocycles. The summed E-state index contributed by atoms with van der Waals surface area (Å²) in [5.74, 6) is -0.955. The van der Waals surface area contributed by atoms with Crippen LogP contribution in [0.4, 0.5) is 0 Å². The van der Waals surface area contributed by atoms with Crippen molar-refractivity contribution in [3.8, 4) is 0 Å². The molecular formula is C5H12CuN2O2. The first-order valence-corrected chi connectivity index (χ1v) is 2.87. The van der Waals surface area contributed by atoms with Crippen LogP contribution in [0, 0.1) is 0 Å². The molecule has 0 bridgehead atoms. The van der Waals surface area contributed by atoms with E-state index in [1.165, 1.54) is 0 Å². The average Bonchev–Trinajstić information content (AvgIpc) is 1.82. The fourth-order valence-electron chi connectivity index (χ4n) is 0.461. The van der Waals surface area contributed by atoms with E-state index in [2.05, 4.69) is 0 Å². The molecule has 10 heavy (non-hydrogen) atoms. The Bertz CT molecular complexity index is 99.6. The van der Waals surface area contributed by atoms with Gasteiger partial charge in [-0.2, -0.15) is 0 Å². The molecule has 1 radical (unpaired) electrons. The van der Waals surface area contributed by atoms with Gasteiger partial charge in [-0.05, 0) is 19.4 Å². The summed E-state index contributed by atoms with van der Waals surface area (Å²) in [7, 11) is 0. The zero-order chi connectivity index (χ0) is 7.28. The van der Waals surface area contributed by atoms with Crippen molar-refractivity contribution in [3.63, 3.8) is 0 Å². The maximum Gasteiger partial charge on any atom is 0.320 e. The van der Waals surface area contributed by atoms with E-state index in [1.54, 1.807) is 0 Å². The van der Waals surface area contributed by atoms with E-state index in [0.29, 0.717) is 19.4 Å². The SMILES string of the molecule is NCCC[C@H](N)C(=O)O.[Cu]. The Morgan fingerprint density at radius 3 is 2.40 bits per heavy atom. The largest absolute Gasteiger partial charge is 0.480 e. The summed E-state index contributed by atoms with van der Waals surface area (Å²) in [6.07, 6.45) is 1.14. The zero-order valence-corrected chi connectivity index (χ0v) is 6.45. The quantitative estimate of drug-likeness (QED) is 0.509. The van der Waals surface area contributed by atoms with E-state index in [0.717, 1.165) is 0 Å². The predicted molar refractivity (Wildman–Crippen MR) is 33.9 cm³/mol. The number of nitrogens with two attached hydrogens (primary N) is 2. The molecule has 1 atom stereocenters. The topological polar surface area (TPSA) is 89.3 Å². The first-order chi connectivity index (χ1) is 4.18. The smallest absolute Gasteiger partial charge is 0.320 e. The molecule has 4 nitrogen and oxygen atoms in total. The number of rotatable bonds is 4. The number of carbonyl (C=O) groups is 1. The van der Waals surface area contributed by atoms with Gasteiger partial charge in [0.25, 0.3) is 0 Å². The van der Waals surface area contributed by atoms with Gasteiger partial charge in [-0.25, -0.2) is 0 Å². The molecule has 0 saturated carbocycles. The molecule has 0 aromatic rings. The summed E-state index contributed by atoms with van der Waals surface area (Å²) >= 11 is 0. The molecule has 65 valence electrons.